The standard InChI is InChI=1S/C16H18INO/c17-15-8-6-14(7-9-15)11-18-16(12-19)10-13-4-2-1-3-5-13/h1-9,16,18-19H,10-12H2. The Kier molecular flexibility index (Phi) is 5.82. The summed E-state index contributed by atoms with van der Waals surface area (Å²) in [4.78, 5) is 0. The highest BCUT2D eigenvalue weighted by Gasteiger charge is 2.07. The first-order valence-electron chi connectivity index (χ1n) is 6.40. The molecule has 2 aromatic carbocycles. The molecule has 2 rings (SSSR count). The van der Waals surface area contributed by atoms with Crippen molar-refractivity contribution in [1.82, 2.24) is 5.32 Å². The van der Waals surface area contributed by atoms with Gasteiger partial charge in [0.25, 0.3) is 0 Å². The summed E-state index contributed by atoms with van der Waals surface area (Å²) in [5.74, 6) is 0. The van der Waals surface area contributed by atoms with Gasteiger partial charge in [-0.2, -0.15) is 0 Å². The summed E-state index contributed by atoms with van der Waals surface area (Å²) >= 11 is 2.30. The quantitative estimate of drug-likeness (QED) is 0.770. The lowest BCUT2D eigenvalue weighted by Gasteiger charge is -2.16. The van der Waals surface area contributed by atoms with Gasteiger partial charge in [-0.25, -0.2) is 0 Å². The second-order valence-electron chi connectivity index (χ2n) is 4.58. The van der Waals surface area contributed by atoms with Crippen LogP contribution in [0.4, 0.5) is 0 Å². The number of hydrogen-bond donors (Lipinski definition) is 2. The molecule has 2 N–H and O–H groups in total. The van der Waals surface area contributed by atoms with Crippen molar-refractivity contribution in [3.05, 3.63) is 69.3 Å². The highest BCUT2D eigenvalue weighted by atomic mass is 127. The zero-order chi connectivity index (χ0) is 13.5. The van der Waals surface area contributed by atoms with Crippen LogP contribution in [0.25, 0.3) is 0 Å². The minimum atomic E-state index is 0.0988. The van der Waals surface area contributed by atoms with Crippen LogP contribution in [-0.4, -0.2) is 17.8 Å². The molecule has 0 aliphatic heterocycles. The minimum Gasteiger partial charge on any atom is -0.395 e. The lowest BCUT2D eigenvalue weighted by atomic mass is 10.1. The number of nitrogens with one attached hydrogen (secondary N) is 1. The number of rotatable bonds is 6. The summed E-state index contributed by atoms with van der Waals surface area (Å²) in [6, 6.07) is 18.8. The Morgan fingerprint density at radius 3 is 2.26 bits per heavy atom. The van der Waals surface area contributed by atoms with Gasteiger partial charge in [-0.1, -0.05) is 42.5 Å². The summed E-state index contributed by atoms with van der Waals surface area (Å²) in [5.41, 5.74) is 2.49. The van der Waals surface area contributed by atoms with Crippen molar-refractivity contribution in [3.63, 3.8) is 0 Å². The van der Waals surface area contributed by atoms with E-state index in [-0.39, 0.29) is 12.6 Å². The van der Waals surface area contributed by atoms with Crippen LogP contribution in [0.2, 0.25) is 0 Å². The lowest BCUT2D eigenvalue weighted by molar-refractivity contribution is 0.241. The maximum atomic E-state index is 9.45. The van der Waals surface area contributed by atoms with Crippen molar-refractivity contribution in [2.75, 3.05) is 6.61 Å². The van der Waals surface area contributed by atoms with Crippen molar-refractivity contribution in [1.29, 1.82) is 0 Å². The van der Waals surface area contributed by atoms with Crippen molar-refractivity contribution in [2.45, 2.75) is 19.0 Å². The van der Waals surface area contributed by atoms with Crippen LogP contribution in [0, 0.1) is 3.57 Å². The maximum absolute atomic E-state index is 9.45. The minimum absolute atomic E-state index is 0.0988. The molecule has 2 aromatic rings. The summed E-state index contributed by atoms with van der Waals surface area (Å²) < 4.78 is 1.24. The van der Waals surface area contributed by atoms with Crippen molar-refractivity contribution in [3.8, 4) is 0 Å². The molecule has 0 aliphatic rings. The molecule has 2 nitrogen and oxygen atoms in total. The van der Waals surface area contributed by atoms with Crippen molar-refractivity contribution in [2.24, 2.45) is 0 Å². The van der Waals surface area contributed by atoms with Gasteiger partial charge >= 0.3 is 0 Å². The fraction of sp³-hybridized carbons (Fsp3) is 0.250. The largest absolute Gasteiger partial charge is 0.395 e. The topological polar surface area (TPSA) is 32.3 Å². The third-order valence-corrected chi connectivity index (χ3v) is 3.77. The van der Waals surface area contributed by atoms with Crippen LogP contribution < -0.4 is 5.32 Å². The maximum Gasteiger partial charge on any atom is 0.0587 e. The van der Waals surface area contributed by atoms with E-state index in [1.807, 2.05) is 18.2 Å². The van der Waals surface area contributed by atoms with Gasteiger partial charge in [0.2, 0.25) is 0 Å². The molecule has 0 radical (unpaired) electrons. The van der Waals surface area contributed by atoms with Crippen LogP contribution in [0.5, 0.6) is 0 Å². The zero-order valence-corrected chi connectivity index (χ0v) is 12.9. The molecule has 0 spiro atoms. The molecule has 0 amide bonds. The molecule has 0 saturated carbocycles. The number of aliphatic hydroxyl groups excluding tert-OH is 1. The predicted octanol–water partition coefficient (Wildman–Crippen LogP) is 2.98. The SMILES string of the molecule is OCC(Cc1ccccc1)NCc1ccc(I)cc1. The summed E-state index contributed by atoms with van der Waals surface area (Å²) in [7, 11) is 0. The molecule has 19 heavy (non-hydrogen) atoms. The van der Waals surface area contributed by atoms with Gasteiger partial charge in [0.15, 0.2) is 0 Å². The van der Waals surface area contributed by atoms with Crippen LogP contribution in [0.15, 0.2) is 54.6 Å². The van der Waals surface area contributed by atoms with Gasteiger partial charge in [-0.05, 0) is 52.3 Å². The number of aliphatic hydroxyl groups is 1. The Hall–Kier alpha value is -0.910. The van der Waals surface area contributed by atoms with E-state index in [9.17, 15) is 5.11 Å². The van der Waals surface area contributed by atoms with Crippen LogP contribution in [0.1, 0.15) is 11.1 Å². The second kappa shape index (κ2) is 7.62. The Morgan fingerprint density at radius 2 is 1.63 bits per heavy atom. The molecule has 3 heteroatoms. The molecule has 1 unspecified atom stereocenters. The van der Waals surface area contributed by atoms with E-state index in [0.29, 0.717) is 0 Å². The molecule has 1 atom stereocenters. The second-order valence-corrected chi connectivity index (χ2v) is 5.82. The molecule has 100 valence electrons. The summed E-state index contributed by atoms with van der Waals surface area (Å²) in [6.07, 6.45) is 0.849. The van der Waals surface area contributed by atoms with Crippen LogP contribution in [0.3, 0.4) is 0 Å². The Morgan fingerprint density at radius 1 is 0.947 bits per heavy atom. The van der Waals surface area contributed by atoms with E-state index in [1.54, 1.807) is 0 Å². The van der Waals surface area contributed by atoms with E-state index in [1.165, 1.54) is 14.7 Å². The first-order chi connectivity index (χ1) is 9.28. The third kappa shape index (κ3) is 4.93. The fourth-order valence-corrected chi connectivity index (χ4v) is 2.32. The third-order valence-electron chi connectivity index (χ3n) is 3.05. The molecule has 0 bridgehead atoms. The van der Waals surface area contributed by atoms with Gasteiger partial charge in [0, 0.05) is 16.2 Å². The van der Waals surface area contributed by atoms with E-state index >= 15 is 0 Å². The number of halogens is 1. The van der Waals surface area contributed by atoms with Gasteiger partial charge in [0.1, 0.15) is 0 Å². The smallest absolute Gasteiger partial charge is 0.0587 e. The zero-order valence-electron chi connectivity index (χ0n) is 10.7. The van der Waals surface area contributed by atoms with E-state index in [2.05, 4.69) is 64.3 Å². The van der Waals surface area contributed by atoms with Crippen molar-refractivity contribution < 1.29 is 5.11 Å². The van der Waals surface area contributed by atoms with Gasteiger partial charge in [-0.3, -0.25) is 0 Å². The Bertz CT molecular complexity index is 484. The highest BCUT2D eigenvalue weighted by molar-refractivity contribution is 14.1. The predicted molar refractivity (Wildman–Crippen MR) is 87.0 cm³/mol. The summed E-state index contributed by atoms with van der Waals surface area (Å²) in [5, 5.41) is 12.8. The monoisotopic (exact) mass is 367 g/mol. The van der Waals surface area contributed by atoms with Gasteiger partial charge in [0.05, 0.1) is 6.61 Å². The van der Waals surface area contributed by atoms with Crippen molar-refractivity contribution >= 4 is 22.6 Å². The molecule has 0 aromatic heterocycles. The molecular weight excluding hydrogens is 349 g/mol. The first kappa shape index (κ1) is 14.5. The number of benzene rings is 2. The molecule has 0 aliphatic carbocycles. The molecule has 0 fully saturated rings. The van der Waals surface area contributed by atoms with E-state index in [4.69, 9.17) is 0 Å². The molecule has 0 saturated heterocycles. The Balaban J connectivity index is 1.87. The highest BCUT2D eigenvalue weighted by Crippen LogP contribution is 2.08. The first-order valence-corrected chi connectivity index (χ1v) is 7.48. The van der Waals surface area contributed by atoms with Gasteiger partial charge < -0.3 is 10.4 Å². The average Bonchev–Trinajstić information content (AvgIpc) is 2.46. The fourth-order valence-electron chi connectivity index (χ4n) is 1.96. The van der Waals surface area contributed by atoms with E-state index < -0.39 is 0 Å². The van der Waals surface area contributed by atoms with Gasteiger partial charge in [-0.15, -0.1) is 0 Å². The molecule has 0 heterocycles. The average molecular weight is 367 g/mol. The molecular formula is C16H18INO. The van der Waals surface area contributed by atoms with E-state index in [0.717, 1.165) is 13.0 Å². The van der Waals surface area contributed by atoms with Crippen LogP contribution >= 0.6 is 22.6 Å². The van der Waals surface area contributed by atoms with Crippen LogP contribution in [-0.2, 0) is 13.0 Å². The Labute approximate surface area is 128 Å². The normalized spacial score (nSPS) is 12.3. The summed E-state index contributed by atoms with van der Waals surface area (Å²) in [6.45, 7) is 0.939. The lowest BCUT2D eigenvalue weighted by Crippen LogP contribution is -2.34. The number of hydrogen-bond acceptors (Lipinski definition) is 2.